The lowest BCUT2D eigenvalue weighted by Gasteiger charge is -2.57. The standard InChI is InChI=1S/C15H20FN/c16-13-6-4-5-12(9-13)15(17)10-14(11-15)7-2-1-3-8-14/h4-6,9H,1-3,7-8,10-11,17H2. The Bertz CT molecular complexity index is 413. The maximum absolute atomic E-state index is 13.2. The first-order valence-electron chi connectivity index (χ1n) is 6.67. The van der Waals surface area contributed by atoms with Gasteiger partial charge >= 0.3 is 0 Å². The van der Waals surface area contributed by atoms with Crippen LogP contribution in [-0.4, -0.2) is 0 Å². The molecule has 0 aliphatic heterocycles. The van der Waals surface area contributed by atoms with Crippen molar-refractivity contribution >= 4 is 0 Å². The zero-order valence-corrected chi connectivity index (χ0v) is 10.2. The molecular weight excluding hydrogens is 213 g/mol. The Hall–Kier alpha value is -0.890. The van der Waals surface area contributed by atoms with E-state index >= 15 is 0 Å². The lowest BCUT2D eigenvalue weighted by atomic mass is 9.51. The van der Waals surface area contributed by atoms with Crippen LogP contribution in [0.1, 0.15) is 50.5 Å². The van der Waals surface area contributed by atoms with E-state index in [4.69, 9.17) is 5.73 Å². The highest BCUT2D eigenvalue weighted by molar-refractivity contribution is 5.29. The number of hydrogen-bond donors (Lipinski definition) is 1. The van der Waals surface area contributed by atoms with Crippen molar-refractivity contribution in [2.45, 2.75) is 50.5 Å². The summed E-state index contributed by atoms with van der Waals surface area (Å²) < 4.78 is 13.2. The third-order valence-electron chi connectivity index (χ3n) is 4.69. The zero-order valence-electron chi connectivity index (χ0n) is 10.2. The summed E-state index contributed by atoms with van der Waals surface area (Å²) in [5.74, 6) is -0.170. The molecule has 2 N–H and O–H groups in total. The second-order valence-corrected chi connectivity index (χ2v) is 6.08. The van der Waals surface area contributed by atoms with Gasteiger partial charge in [0.05, 0.1) is 0 Å². The molecule has 3 rings (SSSR count). The molecule has 0 aromatic heterocycles. The molecule has 1 spiro atoms. The van der Waals surface area contributed by atoms with Gasteiger partial charge in [0, 0.05) is 5.54 Å². The number of nitrogens with two attached hydrogens (primary N) is 1. The highest BCUT2D eigenvalue weighted by Gasteiger charge is 2.52. The molecule has 0 heterocycles. The van der Waals surface area contributed by atoms with E-state index in [2.05, 4.69) is 0 Å². The summed E-state index contributed by atoms with van der Waals surface area (Å²) >= 11 is 0. The molecule has 1 aromatic rings. The van der Waals surface area contributed by atoms with Gasteiger partial charge < -0.3 is 5.73 Å². The minimum atomic E-state index is -0.264. The molecule has 1 aromatic carbocycles. The molecule has 0 unspecified atom stereocenters. The van der Waals surface area contributed by atoms with Crippen LogP contribution >= 0.6 is 0 Å². The van der Waals surface area contributed by atoms with E-state index in [1.807, 2.05) is 6.07 Å². The molecule has 0 saturated heterocycles. The van der Waals surface area contributed by atoms with Crippen LogP contribution in [0.3, 0.4) is 0 Å². The monoisotopic (exact) mass is 233 g/mol. The number of hydrogen-bond acceptors (Lipinski definition) is 1. The molecule has 2 aliphatic rings. The third kappa shape index (κ3) is 1.89. The molecule has 2 saturated carbocycles. The Morgan fingerprint density at radius 1 is 1.06 bits per heavy atom. The summed E-state index contributed by atoms with van der Waals surface area (Å²) in [5, 5.41) is 0. The fourth-order valence-corrected chi connectivity index (χ4v) is 3.94. The first-order chi connectivity index (χ1) is 8.12. The summed E-state index contributed by atoms with van der Waals surface area (Å²) in [6.45, 7) is 0. The van der Waals surface area contributed by atoms with Crippen molar-refractivity contribution in [3.63, 3.8) is 0 Å². The molecule has 2 heteroatoms. The van der Waals surface area contributed by atoms with Gasteiger partial charge in [-0.05, 0) is 48.8 Å². The van der Waals surface area contributed by atoms with Crippen LogP contribution in [0.25, 0.3) is 0 Å². The van der Waals surface area contributed by atoms with E-state index in [-0.39, 0.29) is 11.4 Å². The molecule has 0 amide bonds. The molecule has 0 bridgehead atoms. The van der Waals surface area contributed by atoms with Gasteiger partial charge in [0.1, 0.15) is 5.82 Å². The van der Waals surface area contributed by atoms with Crippen LogP contribution < -0.4 is 5.73 Å². The normalized spacial score (nSPS) is 25.5. The van der Waals surface area contributed by atoms with Crippen LogP contribution in [0.2, 0.25) is 0 Å². The van der Waals surface area contributed by atoms with Gasteiger partial charge in [-0.1, -0.05) is 31.4 Å². The second kappa shape index (κ2) is 3.81. The summed E-state index contributed by atoms with van der Waals surface area (Å²) in [7, 11) is 0. The summed E-state index contributed by atoms with van der Waals surface area (Å²) in [5.41, 5.74) is 7.63. The topological polar surface area (TPSA) is 26.0 Å². The molecular formula is C15H20FN. The lowest BCUT2D eigenvalue weighted by Crippen LogP contribution is -2.56. The van der Waals surface area contributed by atoms with Crippen LogP contribution in [-0.2, 0) is 5.54 Å². The fourth-order valence-electron chi connectivity index (χ4n) is 3.94. The Labute approximate surface area is 102 Å². The van der Waals surface area contributed by atoms with E-state index in [0.29, 0.717) is 5.41 Å². The second-order valence-electron chi connectivity index (χ2n) is 6.08. The average Bonchev–Trinajstić information content (AvgIpc) is 2.28. The zero-order chi connectivity index (χ0) is 11.9. The number of benzene rings is 1. The van der Waals surface area contributed by atoms with E-state index in [0.717, 1.165) is 18.4 Å². The first-order valence-corrected chi connectivity index (χ1v) is 6.67. The van der Waals surface area contributed by atoms with Crippen molar-refractivity contribution in [3.8, 4) is 0 Å². The summed E-state index contributed by atoms with van der Waals surface area (Å²) in [6, 6.07) is 6.83. The Morgan fingerprint density at radius 2 is 1.76 bits per heavy atom. The smallest absolute Gasteiger partial charge is 0.123 e. The Morgan fingerprint density at radius 3 is 2.41 bits per heavy atom. The van der Waals surface area contributed by atoms with Crippen molar-refractivity contribution in [1.29, 1.82) is 0 Å². The molecule has 0 radical (unpaired) electrons. The maximum atomic E-state index is 13.2. The molecule has 17 heavy (non-hydrogen) atoms. The molecule has 2 aliphatic carbocycles. The fraction of sp³-hybridized carbons (Fsp3) is 0.600. The lowest BCUT2D eigenvalue weighted by molar-refractivity contribution is -0.0100. The molecule has 0 atom stereocenters. The number of rotatable bonds is 1. The van der Waals surface area contributed by atoms with Crippen LogP contribution in [0.4, 0.5) is 4.39 Å². The molecule has 2 fully saturated rings. The van der Waals surface area contributed by atoms with Crippen molar-refractivity contribution in [2.75, 3.05) is 0 Å². The highest BCUT2D eigenvalue weighted by atomic mass is 19.1. The van der Waals surface area contributed by atoms with Crippen LogP contribution in [0, 0.1) is 11.2 Å². The van der Waals surface area contributed by atoms with Gasteiger partial charge in [-0.15, -0.1) is 0 Å². The maximum Gasteiger partial charge on any atom is 0.123 e. The largest absolute Gasteiger partial charge is 0.321 e. The van der Waals surface area contributed by atoms with E-state index in [9.17, 15) is 4.39 Å². The first kappa shape index (κ1) is 11.2. The minimum Gasteiger partial charge on any atom is -0.321 e. The average molecular weight is 233 g/mol. The van der Waals surface area contributed by atoms with Crippen LogP contribution in [0.15, 0.2) is 24.3 Å². The van der Waals surface area contributed by atoms with Gasteiger partial charge in [-0.2, -0.15) is 0 Å². The van der Waals surface area contributed by atoms with E-state index in [1.54, 1.807) is 12.1 Å². The van der Waals surface area contributed by atoms with Gasteiger partial charge in [0.15, 0.2) is 0 Å². The van der Waals surface area contributed by atoms with E-state index < -0.39 is 0 Å². The quantitative estimate of drug-likeness (QED) is 0.786. The van der Waals surface area contributed by atoms with Crippen molar-refractivity contribution in [3.05, 3.63) is 35.6 Å². The van der Waals surface area contributed by atoms with Crippen LogP contribution in [0.5, 0.6) is 0 Å². The molecule has 92 valence electrons. The number of halogens is 1. The van der Waals surface area contributed by atoms with Crippen molar-refractivity contribution < 1.29 is 4.39 Å². The minimum absolute atomic E-state index is 0.170. The van der Waals surface area contributed by atoms with Gasteiger partial charge in [-0.25, -0.2) is 4.39 Å². The summed E-state index contributed by atoms with van der Waals surface area (Å²) in [4.78, 5) is 0. The van der Waals surface area contributed by atoms with E-state index in [1.165, 1.54) is 38.2 Å². The van der Waals surface area contributed by atoms with Crippen molar-refractivity contribution in [1.82, 2.24) is 0 Å². The van der Waals surface area contributed by atoms with Crippen molar-refractivity contribution in [2.24, 2.45) is 11.1 Å². The third-order valence-corrected chi connectivity index (χ3v) is 4.69. The highest BCUT2D eigenvalue weighted by Crippen LogP contribution is 2.59. The van der Waals surface area contributed by atoms with Gasteiger partial charge in [-0.3, -0.25) is 0 Å². The SMILES string of the molecule is NC1(c2cccc(F)c2)CC2(CCCCC2)C1. The van der Waals surface area contributed by atoms with Gasteiger partial charge in [0.2, 0.25) is 0 Å². The predicted molar refractivity (Wildman–Crippen MR) is 67.0 cm³/mol. The molecule has 1 nitrogen and oxygen atoms in total. The van der Waals surface area contributed by atoms with Gasteiger partial charge in [0.25, 0.3) is 0 Å². The Kier molecular flexibility index (Phi) is 2.51. The predicted octanol–water partition coefficient (Wildman–Crippen LogP) is 3.72. The summed E-state index contributed by atoms with van der Waals surface area (Å²) in [6.07, 6.45) is 8.80. The Balaban J connectivity index is 1.77.